The minimum Gasteiger partial charge on any atom is -0.419 e. The number of nitrogens with one attached hydrogen (secondary N) is 1. The van der Waals surface area contributed by atoms with Gasteiger partial charge in [0, 0.05) is 11.1 Å². The molecule has 1 aromatic heterocycles. The van der Waals surface area contributed by atoms with Crippen molar-refractivity contribution in [3.8, 4) is 11.5 Å². The minimum atomic E-state index is -0.770. The molecule has 1 aliphatic rings. The maximum absolute atomic E-state index is 14.0. The van der Waals surface area contributed by atoms with Crippen LogP contribution in [-0.4, -0.2) is 16.1 Å². The molecule has 0 aliphatic heterocycles. The van der Waals surface area contributed by atoms with E-state index < -0.39 is 5.41 Å². The lowest BCUT2D eigenvalue weighted by atomic mass is 9.94. The van der Waals surface area contributed by atoms with Crippen LogP contribution in [0.5, 0.6) is 0 Å². The van der Waals surface area contributed by atoms with Gasteiger partial charge in [-0.05, 0) is 31.0 Å². The van der Waals surface area contributed by atoms with Crippen molar-refractivity contribution in [1.82, 2.24) is 15.5 Å². The van der Waals surface area contributed by atoms with Crippen molar-refractivity contribution in [3.63, 3.8) is 0 Å². The summed E-state index contributed by atoms with van der Waals surface area (Å²) in [6.07, 6.45) is 1.28. The van der Waals surface area contributed by atoms with Crippen molar-refractivity contribution in [1.29, 1.82) is 0 Å². The monoisotopic (exact) mass is 337 g/mol. The van der Waals surface area contributed by atoms with Crippen LogP contribution in [0, 0.1) is 5.82 Å². The third kappa shape index (κ3) is 2.91. The van der Waals surface area contributed by atoms with Crippen LogP contribution in [0.1, 0.15) is 24.3 Å². The van der Waals surface area contributed by atoms with Gasteiger partial charge in [0.2, 0.25) is 17.7 Å². The second-order valence-electron chi connectivity index (χ2n) is 6.11. The quantitative estimate of drug-likeness (QED) is 0.776. The largest absolute Gasteiger partial charge is 0.419 e. The average Bonchev–Trinajstić information content (AvgIpc) is 3.32. The van der Waals surface area contributed by atoms with Crippen molar-refractivity contribution in [2.24, 2.45) is 0 Å². The Morgan fingerprint density at radius 2 is 1.80 bits per heavy atom. The number of hydrogen-bond acceptors (Lipinski definition) is 4. The zero-order valence-corrected chi connectivity index (χ0v) is 13.4. The van der Waals surface area contributed by atoms with Crippen LogP contribution >= 0.6 is 0 Å². The first-order valence-corrected chi connectivity index (χ1v) is 8.10. The molecule has 6 heteroatoms. The highest BCUT2D eigenvalue weighted by molar-refractivity contribution is 5.91. The molecule has 25 heavy (non-hydrogen) atoms. The molecule has 1 fully saturated rings. The molecule has 126 valence electrons. The minimum absolute atomic E-state index is 0.120. The van der Waals surface area contributed by atoms with Gasteiger partial charge in [0.05, 0.1) is 12.0 Å². The Hall–Kier alpha value is -3.02. The highest BCUT2D eigenvalue weighted by atomic mass is 19.1. The molecule has 4 rings (SSSR count). The number of rotatable bonds is 5. The second-order valence-corrected chi connectivity index (χ2v) is 6.11. The molecule has 1 amide bonds. The molecule has 1 saturated carbocycles. The summed E-state index contributed by atoms with van der Waals surface area (Å²) in [4.78, 5) is 12.6. The average molecular weight is 337 g/mol. The van der Waals surface area contributed by atoms with E-state index in [1.165, 1.54) is 6.07 Å². The van der Waals surface area contributed by atoms with Gasteiger partial charge in [-0.15, -0.1) is 10.2 Å². The Bertz CT molecular complexity index is 904. The van der Waals surface area contributed by atoms with E-state index in [4.69, 9.17) is 4.42 Å². The molecule has 0 unspecified atom stereocenters. The van der Waals surface area contributed by atoms with Crippen molar-refractivity contribution in [2.45, 2.75) is 24.8 Å². The Balaban J connectivity index is 1.45. The first-order valence-electron chi connectivity index (χ1n) is 8.10. The predicted molar refractivity (Wildman–Crippen MR) is 88.9 cm³/mol. The molecule has 0 atom stereocenters. The molecule has 2 aromatic carbocycles. The van der Waals surface area contributed by atoms with Crippen LogP contribution in [0.3, 0.4) is 0 Å². The van der Waals surface area contributed by atoms with E-state index in [9.17, 15) is 9.18 Å². The Morgan fingerprint density at radius 3 is 2.52 bits per heavy atom. The van der Waals surface area contributed by atoms with E-state index in [1.807, 2.05) is 30.3 Å². The van der Waals surface area contributed by atoms with Crippen molar-refractivity contribution >= 4 is 5.91 Å². The third-order valence-electron chi connectivity index (χ3n) is 4.46. The first kappa shape index (κ1) is 15.5. The SMILES string of the molecule is O=C(NCc1nnc(-c2ccccc2)o1)C1(c2ccccc2F)CC1. The van der Waals surface area contributed by atoms with Crippen LogP contribution in [0.25, 0.3) is 11.5 Å². The van der Waals surface area contributed by atoms with Gasteiger partial charge in [0.25, 0.3) is 0 Å². The molecule has 3 aromatic rings. The topological polar surface area (TPSA) is 68.0 Å². The number of benzene rings is 2. The standard InChI is InChI=1S/C19H16FN3O2/c20-15-9-5-4-8-14(15)19(10-11-19)18(24)21-12-16-22-23-17(25-16)13-6-2-1-3-7-13/h1-9H,10-12H2,(H,21,24). The summed E-state index contributed by atoms with van der Waals surface area (Å²) < 4.78 is 19.6. The predicted octanol–water partition coefficient (Wildman–Crippen LogP) is 3.22. The van der Waals surface area contributed by atoms with Crippen molar-refractivity contribution in [2.75, 3.05) is 0 Å². The molecular weight excluding hydrogens is 321 g/mol. The van der Waals surface area contributed by atoms with Crippen LogP contribution in [0.15, 0.2) is 59.0 Å². The number of aromatic nitrogens is 2. The fraction of sp³-hybridized carbons (Fsp3) is 0.211. The summed E-state index contributed by atoms with van der Waals surface area (Å²) in [5.41, 5.74) is 0.494. The molecule has 5 nitrogen and oxygen atoms in total. The highest BCUT2D eigenvalue weighted by Crippen LogP contribution is 2.49. The van der Waals surface area contributed by atoms with E-state index in [0.717, 1.165) is 5.56 Å². The lowest BCUT2D eigenvalue weighted by Crippen LogP contribution is -2.35. The normalized spacial score (nSPS) is 14.9. The number of carbonyl (C=O) groups excluding carboxylic acids is 1. The van der Waals surface area contributed by atoms with Gasteiger partial charge in [-0.2, -0.15) is 0 Å². The lowest BCUT2D eigenvalue weighted by molar-refractivity contribution is -0.123. The van der Waals surface area contributed by atoms with Crippen molar-refractivity contribution in [3.05, 3.63) is 71.9 Å². The number of halogens is 1. The zero-order valence-electron chi connectivity index (χ0n) is 13.4. The number of amides is 1. The van der Waals surface area contributed by atoms with Crippen LogP contribution in [-0.2, 0) is 16.8 Å². The van der Waals surface area contributed by atoms with Crippen LogP contribution in [0.4, 0.5) is 4.39 Å². The second kappa shape index (κ2) is 6.12. The van der Waals surface area contributed by atoms with Gasteiger partial charge in [0.1, 0.15) is 5.82 Å². The van der Waals surface area contributed by atoms with E-state index in [-0.39, 0.29) is 18.3 Å². The molecule has 1 N–H and O–H groups in total. The van der Waals surface area contributed by atoms with E-state index in [1.54, 1.807) is 18.2 Å². The van der Waals surface area contributed by atoms with Crippen LogP contribution < -0.4 is 5.32 Å². The smallest absolute Gasteiger partial charge is 0.247 e. The first-order chi connectivity index (χ1) is 12.2. The summed E-state index contributed by atoms with van der Waals surface area (Å²) in [7, 11) is 0. The van der Waals surface area contributed by atoms with E-state index in [0.29, 0.717) is 30.2 Å². The lowest BCUT2D eigenvalue weighted by Gasteiger charge is -2.15. The molecule has 0 spiro atoms. The van der Waals surface area contributed by atoms with E-state index in [2.05, 4.69) is 15.5 Å². The maximum atomic E-state index is 14.0. The Labute approximate surface area is 143 Å². The molecular formula is C19H16FN3O2. The van der Waals surface area contributed by atoms with Crippen LogP contribution in [0.2, 0.25) is 0 Å². The fourth-order valence-corrected chi connectivity index (χ4v) is 2.94. The van der Waals surface area contributed by atoms with Gasteiger partial charge < -0.3 is 9.73 Å². The number of carbonyl (C=O) groups is 1. The summed E-state index contributed by atoms with van der Waals surface area (Å²) in [6, 6.07) is 15.8. The van der Waals surface area contributed by atoms with Gasteiger partial charge in [-0.1, -0.05) is 36.4 Å². The summed E-state index contributed by atoms with van der Waals surface area (Å²) in [5.74, 6) is 0.160. The third-order valence-corrected chi connectivity index (χ3v) is 4.46. The maximum Gasteiger partial charge on any atom is 0.247 e. The number of hydrogen-bond donors (Lipinski definition) is 1. The molecule has 0 bridgehead atoms. The van der Waals surface area contributed by atoms with Gasteiger partial charge in [-0.3, -0.25) is 4.79 Å². The molecule has 0 saturated heterocycles. The van der Waals surface area contributed by atoms with Gasteiger partial charge in [0.15, 0.2) is 0 Å². The summed E-state index contributed by atoms with van der Waals surface area (Å²) in [6.45, 7) is 0.120. The van der Waals surface area contributed by atoms with Gasteiger partial charge in [-0.25, -0.2) is 4.39 Å². The molecule has 1 aliphatic carbocycles. The highest BCUT2D eigenvalue weighted by Gasteiger charge is 2.52. The Kier molecular flexibility index (Phi) is 3.80. The Morgan fingerprint density at radius 1 is 1.08 bits per heavy atom. The van der Waals surface area contributed by atoms with E-state index >= 15 is 0 Å². The summed E-state index contributed by atoms with van der Waals surface area (Å²) >= 11 is 0. The van der Waals surface area contributed by atoms with Gasteiger partial charge >= 0.3 is 0 Å². The fourth-order valence-electron chi connectivity index (χ4n) is 2.94. The molecule has 0 radical (unpaired) electrons. The number of nitrogens with zero attached hydrogens (tertiary/aromatic N) is 2. The van der Waals surface area contributed by atoms with Crippen molar-refractivity contribution < 1.29 is 13.6 Å². The summed E-state index contributed by atoms with van der Waals surface area (Å²) in [5, 5.41) is 10.7. The zero-order chi connectivity index (χ0) is 17.3. The molecule has 1 heterocycles.